The van der Waals surface area contributed by atoms with E-state index >= 15 is 0 Å². The highest BCUT2D eigenvalue weighted by molar-refractivity contribution is 7.99. The topological polar surface area (TPSA) is 41.1 Å². The maximum Gasteiger partial charge on any atom is 0.238 e. The molecule has 1 aliphatic heterocycles. The second-order valence-corrected chi connectivity index (χ2v) is 6.62. The Hall–Kier alpha value is -0.710. The molecule has 5 heteroatoms. The predicted octanol–water partition coefficient (Wildman–Crippen LogP) is 2.23. The number of aryl methyl sites for hydroxylation is 1. The molecule has 1 aromatic carbocycles. The number of benzene rings is 1. The van der Waals surface area contributed by atoms with Crippen LogP contribution >= 0.6 is 24.2 Å². The van der Waals surface area contributed by atoms with E-state index in [2.05, 4.69) is 41.8 Å². The molecular formula is C15H21ClN2OS. The van der Waals surface area contributed by atoms with Crippen molar-refractivity contribution in [2.75, 3.05) is 18.2 Å². The number of carbonyl (C=O) groups is 1. The van der Waals surface area contributed by atoms with Gasteiger partial charge in [-0.2, -0.15) is 0 Å². The van der Waals surface area contributed by atoms with Crippen LogP contribution in [0.2, 0.25) is 0 Å². The van der Waals surface area contributed by atoms with Gasteiger partial charge in [-0.3, -0.25) is 10.1 Å². The van der Waals surface area contributed by atoms with E-state index in [-0.39, 0.29) is 29.8 Å². The van der Waals surface area contributed by atoms with E-state index in [1.165, 1.54) is 24.0 Å². The third-order valence-electron chi connectivity index (χ3n) is 4.20. The fourth-order valence-corrected chi connectivity index (χ4v) is 3.75. The first-order valence-electron chi connectivity index (χ1n) is 6.86. The largest absolute Gasteiger partial charge is 0.354 e. The SMILES string of the molecule is Cc1ccccc1C1(CNC(=O)C2CSCN2)CC1.Cl. The van der Waals surface area contributed by atoms with Gasteiger partial charge in [0.25, 0.3) is 0 Å². The molecule has 1 amide bonds. The van der Waals surface area contributed by atoms with Crippen LogP contribution in [0.4, 0.5) is 0 Å². The maximum absolute atomic E-state index is 12.0. The van der Waals surface area contributed by atoms with Crippen LogP contribution < -0.4 is 10.6 Å². The minimum absolute atomic E-state index is 0. The smallest absolute Gasteiger partial charge is 0.238 e. The van der Waals surface area contributed by atoms with Crippen LogP contribution in [0.25, 0.3) is 0 Å². The molecule has 0 aromatic heterocycles. The molecule has 1 saturated heterocycles. The number of carbonyl (C=O) groups excluding carboxylic acids is 1. The summed E-state index contributed by atoms with van der Waals surface area (Å²) in [6, 6.07) is 8.54. The first-order valence-corrected chi connectivity index (χ1v) is 8.02. The van der Waals surface area contributed by atoms with Crippen LogP contribution in [0, 0.1) is 6.92 Å². The van der Waals surface area contributed by atoms with Crippen LogP contribution in [-0.2, 0) is 10.2 Å². The summed E-state index contributed by atoms with van der Waals surface area (Å²) in [7, 11) is 0. The Morgan fingerprint density at radius 3 is 2.80 bits per heavy atom. The average molecular weight is 313 g/mol. The van der Waals surface area contributed by atoms with Gasteiger partial charge >= 0.3 is 0 Å². The molecule has 0 spiro atoms. The molecule has 1 saturated carbocycles. The Morgan fingerprint density at radius 2 is 2.20 bits per heavy atom. The third kappa shape index (κ3) is 3.13. The summed E-state index contributed by atoms with van der Waals surface area (Å²) < 4.78 is 0. The van der Waals surface area contributed by atoms with Gasteiger partial charge in [-0.25, -0.2) is 0 Å². The van der Waals surface area contributed by atoms with E-state index in [1.54, 1.807) is 11.8 Å². The second kappa shape index (κ2) is 6.37. The average Bonchev–Trinajstić information content (AvgIpc) is 3.00. The first kappa shape index (κ1) is 15.7. The molecule has 1 aromatic rings. The monoisotopic (exact) mass is 312 g/mol. The Bertz CT molecular complexity index is 485. The van der Waals surface area contributed by atoms with Crippen LogP contribution in [0.3, 0.4) is 0 Å². The lowest BCUT2D eigenvalue weighted by Crippen LogP contribution is -2.44. The molecule has 3 rings (SSSR count). The highest BCUT2D eigenvalue weighted by Gasteiger charge is 2.45. The van der Waals surface area contributed by atoms with Gasteiger partial charge in [0.1, 0.15) is 0 Å². The predicted molar refractivity (Wildman–Crippen MR) is 86.6 cm³/mol. The molecule has 3 nitrogen and oxygen atoms in total. The van der Waals surface area contributed by atoms with Gasteiger partial charge in [0.2, 0.25) is 5.91 Å². The van der Waals surface area contributed by atoms with Crippen LogP contribution in [-0.4, -0.2) is 30.1 Å². The summed E-state index contributed by atoms with van der Waals surface area (Å²) in [6.07, 6.45) is 2.37. The Kier molecular flexibility index (Phi) is 4.99. The van der Waals surface area contributed by atoms with E-state index in [9.17, 15) is 4.79 Å². The maximum atomic E-state index is 12.0. The highest BCUT2D eigenvalue weighted by atomic mass is 35.5. The molecule has 1 heterocycles. The minimum Gasteiger partial charge on any atom is -0.354 e. The van der Waals surface area contributed by atoms with Crippen molar-refractivity contribution in [1.82, 2.24) is 10.6 Å². The zero-order valence-electron chi connectivity index (χ0n) is 11.6. The van der Waals surface area contributed by atoms with Crippen molar-refractivity contribution in [2.24, 2.45) is 0 Å². The van der Waals surface area contributed by atoms with E-state index < -0.39 is 0 Å². The standard InChI is InChI=1S/C15H20N2OS.ClH/c1-11-4-2-3-5-12(11)15(6-7-15)9-16-14(18)13-8-19-10-17-13;/h2-5,13,17H,6-10H2,1H3,(H,16,18);1H. The highest BCUT2D eigenvalue weighted by Crippen LogP contribution is 2.48. The van der Waals surface area contributed by atoms with Crippen molar-refractivity contribution >= 4 is 30.1 Å². The number of thioether (sulfide) groups is 1. The number of halogens is 1. The molecule has 2 aliphatic rings. The molecule has 1 unspecified atom stereocenters. The fraction of sp³-hybridized carbons (Fsp3) is 0.533. The van der Waals surface area contributed by atoms with Crippen molar-refractivity contribution in [3.63, 3.8) is 0 Å². The van der Waals surface area contributed by atoms with Gasteiger partial charge < -0.3 is 5.32 Å². The summed E-state index contributed by atoms with van der Waals surface area (Å²) in [5.74, 6) is 1.94. The molecular weight excluding hydrogens is 292 g/mol. The van der Waals surface area contributed by atoms with Gasteiger partial charge in [0, 0.05) is 23.6 Å². The molecule has 1 aliphatic carbocycles. The number of amides is 1. The van der Waals surface area contributed by atoms with Crippen LogP contribution in [0.1, 0.15) is 24.0 Å². The van der Waals surface area contributed by atoms with Crippen molar-refractivity contribution in [3.05, 3.63) is 35.4 Å². The lowest BCUT2D eigenvalue weighted by molar-refractivity contribution is -0.122. The molecule has 0 bridgehead atoms. The number of hydrogen-bond acceptors (Lipinski definition) is 3. The lowest BCUT2D eigenvalue weighted by Gasteiger charge is -2.20. The minimum atomic E-state index is -0.00216. The Labute approximate surface area is 130 Å². The fourth-order valence-electron chi connectivity index (χ4n) is 2.80. The van der Waals surface area contributed by atoms with E-state index in [4.69, 9.17) is 0 Å². The molecule has 2 fully saturated rings. The number of rotatable bonds is 4. The number of nitrogens with one attached hydrogen (secondary N) is 2. The molecule has 0 radical (unpaired) electrons. The summed E-state index contributed by atoms with van der Waals surface area (Å²) in [6.45, 7) is 2.94. The van der Waals surface area contributed by atoms with Crippen molar-refractivity contribution in [1.29, 1.82) is 0 Å². The zero-order chi connectivity index (χ0) is 13.3. The third-order valence-corrected chi connectivity index (χ3v) is 5.14. The van der Waals surface area contributed by atoms with Gasteiger partial charge in [-0.1, -0.05) is 24.3 Å². The molecule has 1 atom stereocenters. The Balaban J connectivity index is 0.00000147. The molecule has 2 N–H and O–H groups in total. The summed E-state index contributed by atoms with van der Waals surface area (Å²) >= 11 is 1.79. The van der Waals surface area contributed by atoms with Crippen molar-refractivity contribution < 1.29 is 4.79 Å². The van der Waals surface area contributed by atoms with Gasteiger partial charge in [0.15, 0.2) is 0 Å². The normalized spacial score (nSPS) is 22.9. The molecule has 110 valence electrons. The van der Waals surface area contributed by atoms with E-state index in [0.29, 0.717) is 0 Å². The lowest BCUT2D eigenvalue weighted by atomic mass is 9.92. The summed E-state index contributed by atoms with van der Waals surface area (Å²) in [4.78, 5) is 12.0. The van der Waals surface area contributed by atoms with E-state index in [0.717, 1.165) is 18.2 Å². The molecule has 20 heavy (non-hydrogen) atoms. The van der Waals surface area contributed by atoms with Crippen molar-refractivity contribution in [2.45, 2.75) is 31.2 Å². The summed E-state index contributed by atoms with van der Waals surface area (Å²) in [5, 5.41) is 6.35. The summed E-state index contributed by atoms with van der Waals surface area (Å²) in [5.41, 5.74) is 2.94. The first-order chi connectivity index (χ1) is 9.21. The van der Waals surface area contributed by atoms with Gasteiger partial charge in [-0.15, -0.1) is 24.2 Å². The van der Waals surface area contributed by atoms with Gasteiger partial charge in [0.05, 0.1) is 6.04 Å². The van der Waals surface area contributed by atoms with Crippen LogP contribution in [0.15, 0.2) is 24.3 Å². The Morgan fingerprint density at radius 1 is 1.45 bits per heavy atom. The van der Waals surface area contributed by atoms with Crippen molar-refractivity contribution in [3.8, 4) is 0 Å². The quantitative estimate of drug-likeness (QED) is 0.896. The number of hydrogen-bond donors (Lipinski definition) is 2. The zero-order valence-corrected chi connectivity index (χ0v) is 13.3. The van der Waals surface area contributed by atoms with Gasteiger partial charge in [-0.05, 0) is 30.9 Å². The second-order valence-electron chi connectivity index (χ2n) is 5.58. The van der Waals surface area contributed by atoms with Crippen LogP contribution in [0.5, 0.6) is 0 Å². The van der Waals surface area contributed by atoms with E-state index in [1.807, 2.05) is 0 Å².